The molecule has 5 nitrogen and oxygen atoms in total. The average Bonchev–Trinajstić information content (AvgIpc) is 3.06. The number of ketones is 1. The topological polar surface area (TPSA) is 62.4 Å². The van der Waals surface area contributed by atoms with E-state index in [1.165, 1.54) is 10.9 Å². The fourth-order valence-electron chi connectivity index (χ4n) is 5.85. The standard InChI is InChI=1S/C24H28N2O3/c1-4-7-20(27)18-12-16-15-8-5-6-9-17(15)25-22(16)19-13-24(3)10-11-29-14(2)21(24)23(28)26(18)19/h5-6,8-11,14,18-19,21,25H,4,7,12-13H2,1-3H3/t14-,18?,19?,21?,24?/m0/s1. The van der Waals surface area contributed by atoms with Crippen LogP contribution in [0.25, 0.3) is 10.9 Å². The van der Waals surface area contributed by atoms with E-state index in [2.05, 4.69) is 24.0 Å². The third-order valence-corrected chi connectivity index (χ3v) is 7.19. The Morgan fingerprint density at radius 3 is 2.93 bits per heavy atom. The lowest BCUT2D eigenvalue weighted by Crippen LogP contribution is -2.61. The Morgan fingerprint density at radius 1 is 1.34 bits per heavy atom. The number of hydrogen-bond donors (Lipinski definition) is 1. The van der Waals surface area contributed by atoms with E-state index < -0.39 is 0 Å². The van der Waals surface area contributed by atoms with E-state index in [0.717, 1.165) is 24.1 Å². The second kappa shape index (κ2) is 6.48. The number of carbonyl (C=O) groups excluding carboxylic acids is 2. The highest BCUT2D eigenvalue weighted by molar-refractivity contribution is 5.94. The molecule has 1 fully saturated rings. The molecule has 0 aliphatic carbocycles. The number of allylic oxidation sites excluding steroid dienone is 1. The van der Waals surface area contributed by atoms with Gasteiger partial charge in [-0.2, -0.15) is 0 Å². The Kier molecular flexibility index (Phi) is 4.12. The molecule has 152 valence electrons. The normalized spacial score (nSPS) is 33.1. The van der Waals surface area contributed by atoms with Gasteiger partial charge in [0.2, 0.25) is 5.91 Å². The first-order valence-electron chi connectivity index (χ1n) is 10.7. The SMILES string of the molecule is CCCC(=O)C1Cc2c([nH]c3ccccc23)C2CC3(C)C=CO[C@@H](C)C3C(=O)N12. The molecule has 2 aromatic rings. The molecule has 0 bridgehead atoms. The summed E-state index contributed by atoms with van der Waals surface area (Å²) >= 11 is 0. The van der Waals surface area contributed by atoms with Gasteiger partial charge in [0.05, 0.1) is 24.3 Å². The molecule has 3 aliphatic heterocycles. The van der Waals surface area contributed by atoms with Crippen molar-refractivity contribution in [3.8, 4) is 0 Å². The van der Waals surface area contributed by atoms with Crippen molar-refractivity contribution in [1.82, 2.24) is 9.88 Å². The van der Waals surface area contributed by atoms with Gasteiger partial charge < -0.3 is 14.6 Å². The lowest BCUT2D eigenvalue weighted by Gasteiger charge is -2.54. The van der Waals surface area contributed by atoms with E-state index in [1.807, 2.05) is 37.0 Å². The van der Waals surface area contributed by atoms with Gasteiger partial charge in [-0.05, 0) is 37.5 Å². The first-order valence-corrected chi connectivity index (χ1v) is 10.7. The number of H-pyrrole nitrogens is 1. The maximum Gasteiger partial charge on any atom is 0.231 e. The molecule has 1 aromatic heterocycles. The Labute approximate surface area is 171 Å². The summed E-state index contributed by atoms with van der Waals surface area (Å²) in [6, 6.07) is 7.76. The van der Waals surface area contributed by atoms with Crippen LogP contribution >= 0.6 is 0 Å². The molecule has 1 saturated heterocycles. The maximum absolute atomic E-state index is 13.8. The summed E-state index contributed by atoms with van der Waals surface area (Å²) in [7, 11) is 0. The molecule has 5 heteroatoms. The van der Waals surface area contributed by atoms with Gasteiger partial charge in [0, 0.05) is 34.9 Å². The molecule has 1 aromatic carbocycles. The Morgan fingerprint density at radius 2 is 2.14 bits per heavy atom. The van der Waals surface area contributed by atoms with E-state index in [0.29, 0.717) is 12.8 Å². The number of hydrogen-bond acceptors (Lipinski definition) is 3. The van der Waals surface area contributed by atoms with Gasteiger partial charge in [0.15, 0.2) is 5.78 Å². The maximum atomic E-state index is 13.8. The smallest absolute Gasteiger partial charge is 0.231 e. The highest BCUT2D eigenvalue weighted by atomic mass is 16.5. The summed E-state index contributed by atoms with van der Waals surface area (Å²) < 4.78 is 5.70. The Balaban J connectivity index is 1.68. The summed E-state index contributed by atoms with van der Waals surface area (Å²) in [6.45, 7) is 6.14. The molecule has 5 rings (SSSR count). The number of rotatable bonds is 3. The van der Waals surface area contributed by atoms with Gasteiger partial charge in [-0.25, -0.2) is 0 Å². The molecule has 0 saturated carbocycles. The predicted molar refractivity (Wildman–Crippen MR) is 111 cm³/mol. The number of nitrogens with zero attached hydrogens (tertiary/aromatic N) is 1. The molecule has 29 heavy (non-hydrogen) atoms. The van der Waals surface area contributed by atoms with E-state index in [-0.39, 0.29) is 41.2 Å². The van der Waals surface area contributed by atoms with Crippen LogP contribution in [0.4, 0.5) is 0 Å². The van der Waals surface area contributed by atoms with Crippen LogP contribution in [0.1, 0.15) is 57.3 Å². The second-order valence-electron chi connectivity index (χ2n) is 9.09. The van der Waals surface area contributed by atoms with E-state index >= 15 is 0 Å². The summed E-state index contributed by atoms with van der Waals surface area (Å²) in [5.74, 6) is -0.0312. The molecule has 3 aliphatic rings. The van der Waals surface area contributed by atoms with Gasteiger partial charge in [0.1, 0.15) is 6.10 Å². The quantitative estimate of drug-likeness (QED) is 0.848. The van der Waals surface area contributed by atoms with Crippen LogP contribution in [0.3, 0.4) is 0 Å². The van der Waals surface area contributed by atoms with Crippen LogP contribution in [0, 0.1) is 11.3 Å². The minimum Gasteiger partial charge on any atom is -0.498 e. The van der Waals surface area contributed by atoms with Gasteiger partial charge in [-0.15, -0.1) is 0 Å². The third kappa shape index (κ3) is 2.59. The number of fused-ring (bicyclic) bond motifs is 6. The van der Waals surface area contributed by atoms with Crippen LogP contribution in [-0.2, 0) is 20.7 Å². The zero-order valence-electron chi connectivity index (χ0n) is 17.3. The Bertz CT molecular complexity index is 1020. The summed E-state index contributed by atoms with van der Waals surface area (Å²) in [5.41, 5.74) is 3.11. The van der Waals surface area contributed by atoms with Gasteiger partial charge >= 0.3 is 0 Å². The number of piperidine rings is 1. The van der Waals surface area contributed by atoms with Crippen molar-refractivity contribution in [2.75, 3.05) is 0 Å². The van der Waals surface area contributed by atoms with Crippen molar-refractivity contribution >= 4 is 22.6 Å². The summed E-state index contributed by atoms with van der Waals surface area (Å²) in [5, 5.41) is 1.17. The fourth-order valence-corrected chi connectivity index (χ4v) is 5.85. The number of amides is 1. The zero-order chi connectivity index (χ0) is 20.3. The number of para-hydroxylation sites is 1. The number of carbonyl (C=O) groups is 2. The highest BCUT2D eigenvalue weighted by Crippen LogP contribution is 2.53. The average molecular weight is 392 g/mol. The zero-order valence-corrected chi connectivity index (χ0v) is 17.3. The van der Waals surface area contributed by atoms with Gasteiger partial charge in [-0.1, -0.05) is 32.0 Å². The third-order valence-electron chi connectivity index (χ3n) is 7.19. The van der Waals surface area contributed by atoms with Crippen molar-refractivity contribution < 1.29 is 14.3 Å². The minimum atomic E-state index is -0.387. The van der Waals surface area contributed by atoms with Crippen molar-refractivity contribution in [3.63, 3.8) is 0 Å². The van der Waals surface area contributed by atoms with Crippen molar-refractivity contribution in [1.29, 1.82) is 0 Å². The largest absolute Gasteiger partial charge is 0.498 e. The second-order valence-corrected chi connectivity index (χ2v) is 9.09. The number of benzene rings is 1. The Hall–Kier alpha value is -2.56. The van der Waals surface area contributed by atoms with Crippen molar-refractivity contribution in [2.45, 2.75) is 64.6 Å². The van der Waals surface area contributed by atoms with Crippen LogP contribution in [-0.4, -0.2) is 33.7 Å². The number of Topliss-reactive ketones (excluding diaryl/α,β-unsaturated/α-hetero) is 1. The highest BCUT2D eigenvalue weighted by Gasteiger charge is 2.56. The lowest BCUT2D eigenvalue weighted by molar-refractivity contribution is -0.165. The first-order chi connectivity index (χ1) is 13.9. The number of aromatic amines is 1. The van der Waals surface area contributed by atoms with Crippen LogP contribution < -0.4 is 0 Å². The molecule has 0 spiro atoms. The monoisotopic (exact) mass is 392 g/mol. The number of aromatic nitrogens is 1. The van der Waals surface area contributed by atoms with Crippen LogP contribution in [0.15, 0.2) is 36.6 Å². The summed E-state index contributed by atoms with van der Waals surface area (Å²) in [4.78, 5) is 32.4. The first kappa shape index (κ1) is 18.5. The molecule has 4 heterocycles. The predicted octanol–water partition coefficient (Wildman–Crippen LogP) is 4.29. The minimum absolute atomic E-state index is 0.0550. The number of ether oxygens (including phenoxy) is 1. The molecule has 5 atom stereocenters. The van der Waals surface area contributed by atoms with E-state index in [1.54, 1.807) is 6.26 Å². The van der Waals surface area contributed by atoms with Crippen LogP contribution in [0.5, 0.6) is 0 Å². The van der Waals surface area contributed by atoms with E-state index in [4.69, 9.17) is 4.74 Å². The van der Waals surface area contributed by atoms with Gasteiger partial charge in [0.25, 0.3) is 0 Å². The molecular formula is C24H28N2O3. The fraction of sp³-hybridized carbons (Fsp3) is 0.500. The molecular weight excluding hydrogens is 364 g/mol. The number of nitrogens with one attached hydrogen (secondary N) is 1. The van der Waals surface area contributed by atoms with Crippen molar-refractivity contribution in [2.24, 2.45) is 11.3 Å². The molecule has 0 radical (unpaired) electrons. The van der Waals surface area contributed by atoms with Crippen molar-refractivity contribution in [3.05, 3.63) is 47.9 Å². The molecule has 1 N–H and O–H groups in total. The molecule has 4 unspecified atom stereocenters. The summed E-state index contributed by atoms with van der Waals surface area (Å²) in [6.07, 6.45) is 6.30. The lowest BCUT2D eigenvalue weighted by atomic mass is 9.64. The van der Waals surface area contributed by atoms with E-state index in [9.17, 15) is 9.59 Å². The van der Waals surface area contributed by atoms with Crippen LogP contribution in [0.2, 0.25) is 0 Å². The molecule has 1 amide bonds. The van der Waals surface area contributed by atoms with Gasteiger partial charge in [-0.3, -0.25) is 9.59 Å².